The number of hydrogen-bond acceptors (Lipinski definition) is 5. The van der Waals surface area contributed by atoms with Crippen LogP contribution in [0.25, 0.3) is 0 Å². The molecule has 0 saturated heterocycles. The second-order valence-electron chi connectivity index (χ2n) is 6.61. The van der Waals surface area contributed by atoms with Gasteiger partial charge >= 0.3 is 0 Å². The molecule has 24 heavy (non-hydrogen) atoms. The first-order chi connectivity index (χ1) is 11.5. The lowest BCUT2D eigenvalue weighted by Crippen LogP contribution is -3.10. The molecule has 2 heterocycles. The maximum absolute atomic E-state index is 9.83. The summed E-state index contributed by atoms with van der Waals surface area (Å²) in [6, 6.07) is 9.83. The third kappa shape index (κ3) is 2.07. The van der Waals surface area contributed by atoms with Gasteiger partial charge in [0.25, 0.3) is 0 Å². The first kappa shape index (κ1) is 16.0. The molecule has 2 N–H and O–H groups in total. The fraction of sp³-hybridized carbons (Fsp3) is 0.444. The Bertz CT molecular complexity index is 830. The van der Waals surface area contributed by atoms with Crippen molar-refractivity contribution in [2.75, 3.05) is 20.1 Å². The molecule has 1 unspecified atom stereocenters. The van der Waals surface area contributed by atoms with E-state index in [1.165, 1.54) is 4.90 Å². The summed E-state index contributed by atoms with van der Waals surface area (Å²) in [6.45, 7) is 3.28. The molecule has 0 aromatic carbocycles. The number of hydrogen-bond donors (Lipinski definition) is 2. The zero-order valence-electron chi connectivity index (χ0n) is 13.6. The first-order valence-corrected chi connectivity index (χ1v) is 7.87. The lowest BCUT2D eigenvalue weighted by atomic mass is 9.55. The summed E-state index contributed by atoms with van der Waals surface area (Å²) < 4.78 is 5.77. The Morgan fingerprint density at radius 2 is 2.00 bits per heavy atom. The number of nitrogens with one attached hydrogen (secondary N) is 2. The van der Waals surface area contributed by atoms with Gasteiger partial charge < -0.3 is 14.7 Å². The molecule has 6 heteroatoms. The van der Waals surface area contributed by atoms with Gasteiger partial charge in [-0.05, 0) is 30.7 Å². The van der Waals surface area contributed by atoms with Crippen LogP contribution in [0.3, 0.4) is 0 Å². The van der Waals surface area contributed by atoms with Gasteiger partial charge in [0.2, 0.25) is 0 Å². The molecule has 0 bridgehead atoms. The third-order valence-corrected chi connectivity index (χ3v) is 5.15. The minimum atomic E-state index is -1.68. The number of nitrogens with zero attached hydrogens (tertiary/aromatic N) is 3. The van der Waals surface area contributed by atoms with Gasteiger partial charge in [0, 0.05) is 5.92 Å². The summed E-state index contributed by atoms with van der Waals surface area (Å²) in [6.07, 6.45) is 1.99. The van der Waals surface area contributed by atoms with E-state index in [9.17, 15) is 15.8 Å². The Morgan fingerprint density at radius 3 is 2.54 bits per heavy atom. The fourth-order valence-electron chi connectivity index (χ4n) is 3.98. The highest BCUT2D eigenvalue weighted by Crippen LogP contribution is 2.52. The van der Waals surface area contributed by atoms with Gasteiger partial charge in [0.1, 0.15) is 17.4 Å². The monoisotopic (exact) mass is 320 g/mol. The van der Waals surface area contributed by atoms with E-state index in [4.69, 9.17) is 9.83 Å². The number of rotatable bonds is 1. The third-order valence-electron chi connectivity index (χ3n) is 5.15. The number of likely N-dealkylation sites (N-methyl/N-ethyl adjacent to an activating group) is 1. The molecule has 1 saturated carbocycles. The maximum atomic E-state index is 9.83. The summed E-state index contributed by atoms with van der Waals surface area (Å²) in [4.78, 5) is 1.24. The summed E-state index contributed by atoms with van der Waals surface area (Å²) in [5.41, 5.74) is -0.950. The van der Waals surface area contributed by atoms with Crippen LogP contribution in [0, 0.1) is 63.6 Å². The molecule has 3 rings (SSSR count). The summed E-state index contributed by atoms with van der Waals surface area (Å²) >= 11 is 0. The van der Waals surface area contributed by atoms with Crippen molar-refractivity contribution in [2.24, 2.45) is 17.3 Å². The van der Waals surface area contributed by atoms with Crippen molar-refractivity contribution in [3.8, 4) is 18.2 Å². The molecule has 0 radical (unpaired) electrons. The van der Waals surface area contributed by atoms with Crippen LogP contribution in [0.4, 0.5) is 0 Å². The van der Waals surface area contributed by atoms with Gasteiger partial charge in [-0.2, -0.15) is 15.8 Å². The molecule has 1 aromatic rings. The largest absolute Gasteiger partial charge is 0.466 e. The molecular formula is C18H18N5O+. The molecule has 0 spiro atoms. The van der Waals surface area contributed by atoms with Crippen molar-refractivity contribution in [3.63, 3.8) is 0 Å². The lowest BCUT2D eigenvalue weighted by molar-refractivity contribution is -0.879. The molecule has 120 valence electrons. The van der Waals surface area contributed by atoms with Crippen molar-refractivity contribution >= 4 is 5.71 Å². The Balaban J connectivity index is 2.26. The lowest BCUT2D eigenvalue weighted by Gasteiger charge is -2.44. The van der Waals surface area contributed by atoms with Crippen LogP contribution in [0.2, 0.25) is 0 Å². The number of furan rings is 1. The van der Waals surface area contributed by atoms with Crippen LogP contribution in [0.1, 0.15) is 17.4 Å². The zero-order chi connectivity index (χ0) is 17.5. The predicted molar refractivity (Wildman–Crippen MR) is 84.9 cm³/mol. The molecule has 6 nitrogen and oxygen atoms in total. The summed E-state index contributed by atoms with van der Waals surface area (Å²) in [5, 5.41) is 37.7. The number of aryl methyl sites for hydroxylation is 1. The van der Waals surface area contributed by atoms with Crippen LogP contribution in [0.15, 0.2) is 28.2 Å². The Kier molecular flexibility index (Phi) is 3.76. The second kappa shape index (κ2) is 5.64. The molecular weight excluding hydrogens is 302 g/mol. The van der Waals surface area contributed by atoms with Crippen molar-refractivity contribution in [3.05, 3.63) is 35.3 Å². The van der Waals surface area contributed by atoms with Gasteiger partial charge in [0.05, 0.1) is 50.0 Å². The van der Waals surface area contributed by atoms with E-state index in [-0.39, 0.29) is 11.6 Å². The highest BCUT2D eigenvalue weighted by molar-refractivity contribution is 6.00. The molecule has 4 atom stereocenters. The smallest absolute Gasteiger partial charge is 0.192 e. The highest BCUT2D eigenvalue weighted by Gasteiger charge is 2.59. The molecule has 1 aliphatic carbocycles. The normalized spacial score (nSPS) is 31.1. The number of fused-ring (bicyclic) bond motifs is 1. The Labute approximate surface area is 140 Å². The molecule has 0 amide bonds. The average molecular weight is 320 g/mol. The van der Waals surface area contributed by atoms with Crippen molar-refractivity contribution in [2.45, 2.75) is 12.8 Å². The van der Waals surface area contributed by atoms with E-state index < -0.39 is 17.3 Å². The average Bonchev–Trinajstić information content (AvgIpc) is 3.00. The fourth-order valence-corrected chi connectivity index (χ4v) is 3.98. The Hall–Kier alpha value is -2.88. The number of quaternary nitrogens is 1. The highest BCUT2D eigenvalue weighted by atomic mass is 16.3. The van der Waals surface area contributed by atoms with Crippen molar-refractivity contribution in [1.82, 2.24) is 0 Å². The van der Waals surface area contributed by atoms with Crippen LogP contribution < -0.4 is 4.90 Å². The SMILES string of the molecule is Cc1ccc([C@@H]2[C@@H]3C[NH+](C)CC=C3[C@H](C#N)C(=N)C2(C#N)C#N)o1. The summed E-state index contributed by atoms with van der Waals surface area (Å²) in [5.74, 6) is -0.301. The summed E-state index contributed by atoms with van der Waals surface area (Å²) in [7, 11) is 2.04. The van der Waals surface area contributed by atoms with Gasteiger partial charge in [-0.25, -0.2) is 0 Å². The van der Waals surface area contributed by atoms with Gasteiger partial charge in [-0.1, -0.05) is 0 Å². The van der Waals surface area contributed by atoms with Crippen LogP contribution in [-0.4, -0.2) is 25.8 Å². The quantitative estimate of drug-likeness (QED) is 0.750. The molecule has 2 aliphatic rings. The molecule has 1 fully saturated rings. The van der Waals surface area contributed by atoms with Crippen LogP contribution in [-0.2, 0) is 0 Å². The van der Waals surface area contributed by atoms with E-state index >= 15 is 0 Å². The van der Waals surface area contributed by atoms with Gasteiger partial charge in [-0.15, -0.1) is 0 Å². The van der Waals surface area contributed by atoms with E-state index in [1.807, 2.05) is 20.0 Å². The van der Waals surface area contributed by atoms with Crippen molar-refractivity contribution in [1.29, 1.82) is 21.2 Å². The topological polar surface area (TPSA) is 113 Å². The first-order valence-electron chi connectivity index (χ1n) is 7.87. The van der Waals surface area contributed by atoms with Crippen LogP contribution in [0.5, 0.6) is 0 Å². The molecule has 1 aliphatic heterocycles. The predicted octanol–water partition coefficient (Wildman–Crippen LogP) is 0.949. The Morgan fingerprint density at radius 1 is 1.29 bits per heavy atom. The van der Waals surface area contributed by atoms with E-state index in [0.29, 0.717) is 18.1 Å². The number of nitriles is 3. The van der Waals surface area contributed by atoms with E-state index in [2.05, 4.69) is 18.2 Å². The van der Waals surface area contributed by atoms with Crippen molar-refractivity contribution < 1.29 is 9.32 Å². The minimum Gasteiger partial charge on any atom is -0.466 e. The minimum absolute atomic E-state index is 0.129. The zero-order valence-corrected chi connectivity index (χ0v) is 13.6. The van der Waals surface area contributed by atoms with Gasteiger partial charge in [-0.3, -0.25) is 0 Å². The second-order valence-corrected chi connectivity index (χ2v) is 6.61. The standard InChI is InChI=1S/C18H17N5O/c1-11-3-4-15(24-11)16-14-8-23(2)6-5-12(14)13(7-19)17(22)18(16,9-20)10-21/h3-5,13-14,16,22H,6,8H2,1-2H3/p+1/t13-,14+,16-/m0/s1. The van der Waals surface area contributed by atoms with Crippen LogP contribution >= 0.6 is 0 Å². The molecule has 1 aromatic heterocycles. The van der Waals surface area contributed by atoms with E-state index in [0.717, 1.165) is 12.1 Å². The van der Waals surface area contributed by atoms with Gasteiger partial charge in [0.15, 0.2) is 5.41 Å². The maximum Gasteiger partial charge on any atom is 0.192 e. The van der Waals surface area contributed by atoms with E-state index in [1.54, 1.807) is 12.1 Å².